The third kappa shape index (κ3) is 5.11. The quantitative estimate of drug-likeness (QED) is 0.674. The number of carbonyl (C=O) groups is 3. The number of amides is 3. The SMILES string of the molecule is COc1cccc(NC(=O)CN(C)C(=O)C2CC(=O)N(c3cc(OC)ccc3OC)C2)c1. The van der Waals surface area contributed by atoms with Crippen LogP contribution in [0.1, 0.15) is 6.42 Å². The van der Waals surface area contributed by atoms with E-state index in [1.807, 2.05) is 0 Å². The summed E-state index contributed by atoms with van der Waals surface area (Å²) in [5.74, 6) is 0.336. The molecule has 1 unspecified atom stereocenters. The molecule has 0 radical (unpaired) electrons. The van der Waals surface area contributed by atoms with Gasteiger partial charge in [0.05, 0.1) is 39.5 Å². The van der Waals surface area contributed by atoms with Crippen molar-refractivity contribution >= 4 is 29.1 Å². The number of methoxy groups -OCH3 is 3. The summed E-state index contributed by atoms with van der Waals surface area (Å²) >= 11 is 0. The minimum absolute atomic E-state index is 0.0566. The summed E-state index contributed by atoms with van der Waals surface area (Å²) in [5.41, 5.74) is 1.12. The molecule has 3 amide bonds. The first kappa shape index (κ1) is 22.9. The van der Waals surface area contributed by atoms with Crippen LogP contribution >= 0.6 is 0 Å². The maximum Gasteiger partial charge on any atom is 0.243 e. The van der Waals surface area contributed by atoms with E-state index in [0.717, 1.165) is 0 Å². The average molecular weight is 441 g/mol. The van der Waals surface area contributed by atoms with Gasteiger partial charge in [-0.1, -0.05) is 6.07 Å². The van der Waals surface area contributed by atoms with Gasteiger partial charge in [0.15, 0.2) is 0 Å². The lowest BCUT2D eigenvalue weighted by molar-refractivity contribution is -0.137. The van der Waals surface area contributed by atoms with Gasteiger partial charge in [-0.15, -0.1) is 0 Å². The molecule has 3 rings (SSSR count). The number of anilines is 2. The Balaban J connectivity index is 1.64. The van der Waals surface area contributed by atoms with Crippen molar-refractivity contribution in [2.45, 2.75) is 6.42 Å². The van der Waals surface area contributed by atoms with E-state index >= 15 is 0 Å². The number of hydrogen-bond donors (Lipinski definition) is 1. The fourth-order valence-corrected chi connectivity index (χ4v) is 3.62. The summed E-state index contributed by atoms with van der Waals surface area (Å²) in [5, 5.41) is 2.74. The maximum atomic E-state index is 12.9. The normalized spacial score (nSPS) is 15.3. The molecule has 9 nitrogen and oxygen atoms in total. The first-order chi connectivity index (χ1) is 15.4. The van der Waals surface area contributed by atoms with Crippen molar-refractivity contribution in [2.24, 2.45) is 5.92 Å². The number of hydrogen-bond acceptors (Lipinski definition) is 6. The molecule has 2 aromatic rings. The van der Waals surface area contributed by atoms with Gasteiger partial charge in [0.1, 0.15) is 17.2 Å². The zero-order valence-corrected chi connectivity index (χ0v) is 18.6. The van der Waals surface area contributed by atoms with E-state index in [0.29, 0.717) is 28.6 Å². The van der Waals surface area contributed by atoms with Gasteiger partial charge in [-0.3, -0.25) is 14.4 Å². The Kier molecular flexibility index (Phi) is 7.19. The molecular weight excluding hydrogens is 414 g/mol. The largest absolute Gasteiger partial charge is 0.497 e. The third-order valence-electron chi connectivity index (χ3n) is 5.26. The summed E-state index contributed by atoms with van der Waals surface area (Å²) in [4.78, 5) is 40.8. The first-order valence-corrected chi connectivity index (χ1v) is 10.1. The van der Waals surface area contributed by atoms with E-state index in [-0.39, 0.29) is 37.2 Å². The third-order valence-corrected chi connectivity index (χ3v) is 5.26. The Morgan fingerprint density at radius 1 is 1.06 bits per heavy atom. The highest BCUT2D eigenvalue weighted by molar-refractivity contribution is 6.02. The fraction of sp³-hybridized carbons (Fsp3) is 0.348. The molecule has 1 atom stereocenters. The van der Waals surface area contributed by atoms with E-state index in [1.54, 1.807) is 56.6 Å². The fourth-order valence-electron chi connectivity index (χ4n) is 3.62. The Morgan fingerprint density at radius 3 is 2.47 bits per heavy atom. The zero-order chi connectivity index (χ0) is 23.3. The summed E-state index contributed by atoms with van der Waals surface area (Å²) < 4.78 is 15.8. The second-order valence-electron chi connectivity index (χ2n) is 7.42. The average Bonchev–Trinajstić information content (AvgIpc) is 3.19. The predicted molar refractivity (Wildman–Crippen MR) is 119 cm³/mol. The van der Waals surface area contributed by atoms with Crippen LogP contribution in [-0.2, 0) is 14.4 Å². The standard InChI is InChI=1S/C23H27N3O6/c1-25(14-21(27)24-16-6-5-7-17(11-16)30-2)23(29)15-10-22(28)26(13-15)19-12-18(31-3)8-9-20(19)32-4/h5-9,11-12,15H,10,13-14H2,1-4H3,(H,24,27). The van der Waals surface area contributed by atoms with Crippen LogP contribution in [-0.4, -0.2) is 64.1 Å². The van der Waals surface area contributed by atoms with Gasteiger partial charge in [0.25, 0.3) is 0 Å². The molecule has 0 bridgehead atoms. The lowest BCUT2D eigenvalue weighted by Crippen LogP contribution is -2.39. The van der Waals surface area contributed by atoms with Crippen molar-refractivity contribution in [3.63, 3.8) is 0 Å². The summed E-state index contributed by atoms with van der Waals surface area (Å²) in [6.07, 6.45) is 0.0566. The van der Waals surface area contributed by atoms with E-state index in [1.165, 1.54) is 24.0 Å². The molecule has 32 heavy (non-hydrogen) atoms. The second-order valence-corrected chi connectivity index (χ2v) is 7.42. The summed E-state index contributed by atoms with van der Waals surface area (Å²) in [6, 6.07) is 12.1. The molecule has 1 fully saturated rings. The van der Waals surface area contributed by atoms with E-state index < -0.39 is 5.92 Å². The van der Waals surface area contributed by atoms with Crippen LogP contribution in [0.5, 0.6) is 17.2 Å². The second kappa shape index (κ2) is 10.0. The van der Waals surface area contributed by atoms with Gasteiger partial charge in [0, 0.05) is 37.8 Å². The van der Waals surface area contributed by atoms with Crippen molar-refractivity contribution in [2.75, 3.05) is 51.7 Å². The van der Waals surface area contributed by atoms with Crippen LogP contribution in [0.15, 0.2) is 42.5 Å². The molecule has 2 aromatic carbocycles. The molecule has 0 aromatic heterocycles. The highest BCUT2D eigenvalue weighted by atomic mass is 16.5. The molecular formula is C23H27N3O6. The van der Waals surface area contributed by atoms with Crippen molar-refractivity contribution < 1.29 is 28.6 Å². The lowest BCUT2D eigenvalue weighted by Gasteiger charge is -2.22. The van der Waals surface area contributed by atoms with Crippen LogP contribution in [0.2, 0.25) is 0 Å². The number of rotatable bonds is 8. The van der Waals surface area contributed by atoms with Crippen LogP contribution < -0.4 is 24.4 Å². The Hall–Kier alpha value is -3.75. The number of benzene rings is 2. The topological polar surface area (TPSA) is 97.4 Å². The van der Waals surface area contributed by atoms with Gasteiger partial charge in [0.2, 0.25) is 17.7 Å². The molecule has 1 heterocycles. The van der Waals surface area contributed by atoms with Gasteiger partial charge in [-0.05, 0) is 24.3 Å². The van der Waals surface area contributed by atoms with Gasteiger partial charge in [-0.2, -0.15) is 0 Å². The Morgan fingerprint density at radius 2 is 1.78 bits per heavy atom. The summed E-state index contributed by atoms with van der Waals surface area (Å²) in [7, 11) is 6.14. The number of likely N-dealkylation sites (N-methyl/N-ethyl adjacent to an activating group) is 1. The minimum Gasteiger partial charge on any atom is -0.497 e. The van der Waals surface area contributed by atoms with Crippen LogP contribution in [0.4, 0.5) is 11.4 Å². The monoisotopic (exact) mass is 441 g/mol. The smallest absolute Gasteiger partial charge is 0.243 e. The lowest BCUT2D eigenvalue weighted by atomic mass is 10.1. The molecule has 0 saturated carbocycles. The predicted octanol–water partition coefficient (Wildman–Crippen LogP) is 2.16. The van der Waals surface area contributed by atoms with Crippen LogP contribution in [0, 0.1) is 5.92 Å². The first-order valence-electron chi connectivity index (χ1n) is 10.1. The number of ether oxygens (including phenoxy) is 3. The molecule has 9 heteroatoms. The Labute approximate surface area is 186 Å². The molecule has 0 aliphatic carbocycles. The Bertz CT molecular complexity index is 1010. The highest BCUT2D eigenvalue weighted by Gasteiger charge is 2.38. The van der Waals surface area contributed by atoms with Crippen LogP contribution in [0.25, 0.3) is 0 Å². The van der Waals surface area contributed by atoms with E-state index in [2.05, 4.69) is 5.32 Å². The van der Waals surface area contributed by atoms with E-state index in [9.17, 15) is 14.4 Å². The number of nitrogens with one attached hydrogen (secondary N) is 1. The number of nitrogens with zero attached hydrogens (tertiary/aromatic N) is 2. The number of carbonyl (C=O) groups excluding carboxylic acids is 3. The molecule has 1 aliphatic heterocycles. The van der Waals surface area contributed by atoms with Crippen molar-refractivity contribution in [3.8, 4) is 17.2 Å². The maximum absolute atomic E-state index is 12.9. The van der Waals surface area contributed by atoms with Gasteiger partial charge >= 0.3 is 0 Å². The summed E-state index contributed by atoms with van der Waals surface area (Å²) in [6.45, 7) is 0.0618. The molecule has 170 valence electrons. The van der Waals surface area contributed by atoms with Crippen LogP contribution in [0.3, 0.4) is 0 Å². The van der Waals surface area contributed by atoms with Crippen molar-refractivity contribution in [1.82, 2.24) is 4.90 Å². The molecule has 1 saturated heterocycles. The molecule has 0 spiro atoms. The van der Waals surface area contributed by atoms with Gasteiger partial charge in [-0.25, -0.2) is 0 Å². The van der Waals surface area contributed by atoms with Crippen molar-refractivity contribution in [1.29, 1.82) is 0 Å². The van der Waals surface area contributed by atoms with Crippen molar-refractivity contribution in [3.05, 3.63) is 42.5 Å². The molecule has 1 aliphatic rings. The molecule has 1 N–H and O–H groups in total. The zero-order valence-electron chi connectivity index (χ0n) is 18.6. The highest BCUT2D eigenvalue weighted by Crippen LogP contribution is 2.36. The van der Waals surface area contributed by atoms with Gasteiger partial charge < -0.3 is 29.3 Å². The van der Waals surface area contributed by atoms with E-state index in [4.69, 9.17) is 14.2 Å². The minimum atomic E-state index is -0.562.